The van der Waals surface area contributed by atoms with Crippen LogP contribution in [0.4, 0.5) is 4.79 Å². The van der Waals surface area contributed by atoms with Gasteiger partial charge in [-0.3, -0.25) is 0 Å². The Labute approximate surface area is 78.7 Å². The minimum atomic E-state index is -0.654. The molecule has 1 atom stereocenters. The van der Waals surface area contributed by atoms with Gasteiger partial charge in [-0.05, 0) is 24.8 Å². The van der Waals surface area contributed by atoms with Crippen molar-refractivity contribution in [3.8, 4) is 0 Å². The summed E-state index contributed by atoms with van der Waals surface area (Å²) in [6.45, 7) is 5.40. The molecule has 0 spiro atoms. The second-order valence-corrected chi connectivity index (χ2v) is 3.27. The number of hydrogen-bond acceptors (Lipinski definition) is 3. The molecule has 0 aromatic rings. The molecule has 1 radical (unpaired) electrons. The molecule has 13 heavy (non-hydrogen) atoms. The number of rotatable bonds is 3. The fourth-order valence-electron chi connectivity index (χ4n) is 1.74. The Bertz CT molecular complexity index is 183. The van der Waals surface area contributed by atoms with Gasteiger partial charge in [-0.25, -0.2) is 4.79 Å². The maximum Gasteiger partial charge on any atom is 0.508 e. The molecule has 0 saturated heterocycles. The minimum absolute atomic E-state index is 0.282. The molecule has 0 aliphatic heterocycles. The summed E-state index contributed by atoms with van der Waals surface area (Å²) in [5, 5.41) is 0. The third-order valence-corrected chi connectivity index (χ3v) is 2.45. The van der Waals surface area contributed by atoms with Crippen molar-refractivity contribution >= 4 is 6.16 Å². The summed E-state index contributed by atoms with van der Waals surface area (Å²) in [7, 11) is 1.30. The van der Waals surface area contributed by atoms with Crippen molar-refractivity contribution in [2.45, 2.75) is 31.8 Å². The van der Waals surface area contributed by atoms with E-state index in [1.54, 1.807) is 0 Å². The number of methoxy groups -OCH3 is 1. The van der Waals surface area contributed by atoms with Gasteiger partial charge in [-0.2, -0.15) is 0 Å². The molecule has 0 aromatic heterocycles. The highest BCUT2D eigenvalue weighted by Crippen LogP contribution is 2.29. The molecule has 3 heteroatoms. The van der Waals surface area contributed by atoms with Crippen molar-refractivity contribution in [3.63, 3.8) is 0 Å². The summed E-state index contributed by atoms with van der Waals surface area (Å²) in [4.78, 5) is 10.8. The monoisotopic (exact) mass is 183 g/mol. The highest BCUT2D eigenvalue weighted by atomic mass is 16.7. The average molecular weight is 183 g/mol. The number of carbonyl (C=O) groups is 1. The first kappa shape index (κ1) is 10.1. The Morgan fingerprint density at radius 3 is 2.62 bits per heavy atom. The van der Waals surface area contributed by atoms with E-state index >= 15 is 0 Å². The Morgan fingerprint density at radius 2 is 2.15 bits per heavy atom. The SMILES string of the molecule is [CH]=CC(OC(=O)OC)C1CCCC1. The second-order valence-electron chi connectivity index (χ2n) is 3.27. The van der Waals surface area contributed by atoms with E-state index in [1.165, 1.54) is 26.0 Å². The first-order valence-electron chi connectivity index (χ1n) is 4.57. The van der Waals surface area contributed by atoms with E-state index in [2.05, 4.69) is 4.74 Å². The van der Waals surface area contributed by atoms with Crippen LogP contribution in [-0.2, 0) is 9.47 Å². The number of carbonyl (C=O) groups excluding carboxylic acids is 1. The van der Waals surface area contributed by atoms with Crippen molar-refractivity contribution in [2.24, 2.45) is 5.92 Å². The van der Waals surface area contributed by atoms with Gasteiger partial charge in [0, 0.05) is 0 Å². The van der Waals surface area contributed by atoms with Crippen molar-refractivity contribution in [2.75, 3.05) is 7.11 Å². The lowest BCUT2D eigenvalue weighted by Crippen LogP contribution is -2.23. The van der Waals surface area contributed by atoms with Crippen LogP contribution in [0.25, 0.3) is 0 Å². The third-order valence-electron chi connectivity index (χ3n) is 2.45. The highest BCUT2D eigenvalue weighted by molar-refractivity contribution is 5.60. The molecule has 0 heterocycles. The smallest absolute Gasteiger partial charge is 0.438 e. The lowest BCUT2D eigenvalue weighted by molar-refractivity contribution is 0.0335. The molecule has 0 amide bonds. The van der Waals surface area contributed by atoms with Crippen LogP contribution < -0.4 is 0 Å². The van der Waals surface area contributed by atoms with Gasteiger partial charge in [0.1, 0.15) is 6.10 Å². The normalized spacial score (nSPS) is 19.5. The molecule has 1 saturated carbocycles. The topological polar surface area (TPSA) is 35.5 Å². The molecule has 73 valence electrons. The van der Waals surface area contributed by atoms with E-state index in [1.807, 2.05) is 0 Å². The quantitative estimate of drug-likeness (QED) is 0.630. The van der Waals surface area contributed by atoms with E-state index in [9.17, 15) is 4.79 Å². The first-order chi connectivity index (χ1) is 6.27. The standard InChI is InChI=1S/C10H15O3/c1-3-9(13-10(11)12-2)8-6-4-5-7-8/h1,3,8-9H,4-7H2,2H3. The van der Waals surface area contributed by atoms with Crippen LogP contribution in [0, 0.1) is 12.5 Å². The number of hydrogen-bond donors (Lipinski definition) is 0. The van der Waals surface area contributed by atoms with Gasteiger partial charge in [0.25, 0.3) is 0 Å². The van der Waals surface area contributed by atoms with Gasteiger partial charge in [0.2, 0.25) is 0 Å². The Balaban J connectivity index is 2.41. The zero-order chi connectivity index (χ0) is 9.68. The summed E-state index contributed by atoms with van der Waals surface area (Å²) in [6, 6.07) is 0. The zero-order valence-electron chi connectivity index (χ0n) is 7.86. The Kier molecular flexibility index (Phi) is 3.80. The Morgan fingerprint density at radius 1 is 1.54 bits per heavy atom. The summed E-state index contributed by atoms with van der Waals surface area (Å²) in [5.74, 6) is 0.379. The van der Waals surface area contributed by atoms with Gasteiger partial charge in [-0.1, -0.05) is 19.4 Å². The molecule has 1 rings (SSSR count). The molecule has 0 bridgehead atoms. The lowest BCUT2D eigenvalue weighted by Gasteiger charge is -2.18. The number of ether oxygens (including phenoxy) is 2. The zero-order valence-corrected chi connectivity index (χ0v) is 7.86. The summed E-state index contributed by atoms with van der Waals surface area (Å²) in [5.41, 5.74) is 0. The van der Waals surface area contributed by atoms with E-state index < -0.39 is 6.16 Å². The van der Waals surface area contributed by atoms with Gasteiger partial charge >= 0.3 is 6.16 Å². The maximum atomic E-state index is 10.8. The lowest BCUT2D eigenvalue weighted by atomic mass is 10.0. The first-order valence-corrected chi connectivity index (χ1v) is 4.57. The summed E-state index contributed by atoms with van der Waals surface area (Å²) in [6.07, 6.45) is 5.05. The third kappa shape index (κ3) is 2.76. The molecule has 1 unspecified atom stereocenters. The van der Waals surface area contributed by atoms with Crippen LogP contribution in [0.3, 0.4) is 0 Å². The van der Waals surface area contributed by atoms with Crippen LogP contribution >= 0.6 is 0 Å². The molecule has 3 nitrogen and oxygen atoms in total. The predicted octanol–water partition coefficient (Wildman–Crippen LogP) is 2.32. The van der Waals surface area contributed by atoms with E-state index in [0.717, 1.165) is 12.8 Å². The average Bonchev–Trinajstić information content (AvgIpc) is 2.66. The molecular weight excluding hydrogens is 168 g/mol. The van der Waals surface area contributed by atoms with Crippen LogP contribution in [0.2, 0.25) is 0 Å². The largest absolute Gasteiger partial charge is 0.508 e. The van der Waals surface area contributed by atoms with E-state index in [0.29, 0.717) is 5.92 Å². The molecule has 0 aromatic carbocycles. The van der Waals surface area contributed by atoms with Gasteiger partial charge in [0.15, 0.2) is 0 Å². The fraction of sp³-hybridized carbons (Fsp3) is 0.700. The van der Waals surface area contributed by atoms with Crippen LogP contribution in [-0.4, -0.2) is 19.4 Å². The van der Waals surface area contributed by atoms with Crippen LogP contribution in [0.5, 0.6) is 0 Å². The summed E-state index contributed by atoms with van der Waals surface area (Å²) < 4.78 is 9.40. The van der Waals surface area contributed by atoms with Crippen LogP contribution in [0.1, 0.15) is 25.7 Å². The molecule has 1 aliphatic rings. The fourth-order valence-corrected chi connectivity index (χ4v) is 1.74. The molecular formula is C10H15O3. The highest BCUT2D eigenvalue weighted by Gasteiger charge is 2.25. The van der Waals surface area contributed by atoms with Gasteiger partial charge in [-0.15, -0.1) is 0 Å². The van der Waals surface area contributed by atoms with Gasteiger partial charge in [0.05, 0.1) is 7.11 Å². The minimum Gasteiger partial charge on any atom is -0.438 e. The van der Waals surface area contributed by atoms with Crippen molar-refractivity contribution < 1.29 is 14.3 Å². The van der Waals surface area contributed by atoms with E-state index in [-0.39, 0.29) is 6.10 Å². The van der Waals surface area contributed by atoms with E-state index in [4.69, 9.17) is 11.3 Å². The molecule has 0 N–H and O–H groups in total. The Hall–Kier alpha value is -0.990. The summed E-state index contributed by atoms with van der Waals surface area (Å²) >= 11 is 0. The second kappa shape index (κ2) is 4.90. The molecule has 1 aliphatic carbocycles. The molecule has 1 fully saturated rings. The van der Waals surface area contributed by atoms with Crippen molar-refractivity contribution in [1.29, 1.82) is 0 Å². The predicted molar refractivity (Wildman–Crippen MR) is 48.1 cm³/mol. The van der Waals surface area contributed by atoms with Crippen LogP contribution in [0.15, 0.2) is 6.08 Å². The van der Waals surface area contributed by atoms with Crippen molar-refractivity contribution in [1.82, 2.24) is 0 Å². The maximum absolute atomic E-state index is 10.8. The van der Waals surface area contributed by atoms with Crippen molar-refractivity contribution in [3.05, 3.63) is 12.7 Å². The van der Waals surface area contributed by atoms with Gasteiger partial charge < -0.3 is 9.47 Å².